The first-order chi connectivity index (χ1) is 9.57. The second-order valence-corrected chi connectivity index (χ2v) is 6.01. The average molecular weight is 343 g/mol. The van der Waals surface area contributed by atoms with E-state index in [1.807, 2.05) is 38.1 Å². The van der Waals surface area contributed by atoms with Gasteiger partial charge in [-0.15, -0.1) is 0 Å². The number of rotatable bonds is 5. The minimum Gasteiger partial charge on any atom is -0.465 e. The van der Waals surface area contributed by atoms with E-state index in [-0.39, 0.29) is 11.4 Å². The van der Waals surface area contributed by atoms with Crippen molar-refractivity contribution in [1.29, 1.82) is 0 Å². The van der Waals surface area contributed by atoms with Gasteiger partial charge in [-0.05, 0) is 24.1 Å². The molecule has 0 atom stereocenters. The first kappa shape index (κ1) is 17.2. The molecule has 0 spiro atoms. The molecule has 1 aromatic rings. The first-order valence-corrected chi connectivity index (χ1v) is 7.85. The Balaban J connectivity index is 0.000000956. The second-order valence-electron chi connectivity index (χ2n) is 5.09. The van der Waals surface area contributed by atoms with Gasteiger partial charge in [0.05, 0.1) is 13.2 Å². The minimum absolute atomic E-state index is 0.0350. The van der Waals surface area contributed by atoms with Crippen LogP contribution in [0.3, 0.4) is 0 Å². The van der Waals surface area contributed by atoms with Gasteiger partial charge >= 0.3 is 5.97 Å². The zero-order valence-corrected chi connectivity index (χ0v) is 14.0. The predicted octanol–water partition coefficient (Wildman–Crippen LogP) is 3.99. The van der Waals surface area contributed by atoms with E-state index in [2.05, 4.69) is 22.9 Å². The molecule has 0 unspecified atom stereocenters. The van der Waals surface area contributed by atoms with Crippen molar-refractivity contribution in [3.8, 4) is 0 Å². The number of benzene rings is 1. The van der Waals surface area contributed by atoms with Crippen molar-refractivity contribution in [2.45, 2.75) is 33.6 Å². The summed E-state index contributed by atoms with van der Waals surface area (Å²) in [6.45, 7) is 7.91. The molecule has 1 heterocycles. The predicted molar refractivity (Wildman–Crippen MR) is 83.7 cm³/mol. The van der Waals surface area contributed by atoms with Gasteiger partial charge in [-0.3, -0.25) is 4.79 Å². The zero-order chi connectivity index (χ0) is 15.0. The summed E-state index contributed by atoms with van der Waals surface area (Å²) in [4.78, 5) is 11.6. The molecule has 0 radical (unpaired) electrons. The van der Waals surface area contributed by atoms with Crippen LogP contribution >= 0.6 is 15.9 Å². The minimum atomic E-state index is -0.133. The lowest BCUT2D eigenvalue weighted by atomic mass is 9.90. The number of carbonyl (C=O) groups is 1. The van der Waals surface area contributed by atoms with Crippen molar-refractivity contribution in [2.75, 3.05) is 19.8 Å². The maximum Gasteiger partial charge on any atom is 0.306 e. The van der Waals surface area contributed by atoms with E-state index in [1.165, 1.54) is 0 Å². The van der Waals surface area contributed by atoms with Gasteiger partial charge in [-0.2, -0.15) is 0 Å². The molecule has 0 amide bonds. The van der Waals surface area contributed by atoms with Crippen molar-refractivity contribution in [3.63, 3.8) is 0 Å². The second kappa shape index (κ2) is 8.42. The molecule has 0 aromatic heterocycles. The Kier molecular flexibility index (Phi) is 7.24. The molecule has 0 N–H and O–H groups in total. The Morgan fingerprint density at radius 2 is 1.90 bits per heavy atom. The molecule has 1 fully saturated rings. The fourth-order valence-corrected chi connectivity index (χ4v) is 2.02. The van der Waals surface area contributed by atoms with E-state index in [4.69, 9.17) is 9.47 Å². The molecule has 20 heavy (non-hydrogen) atoms. The quantitative estimate of drug-likeness (QED) is 0.759. The topological polar surface area (TPSA) is 35.5 Å². The SMILES string of the molecule is CC.CC1(COC(=O)CCc2ccc(Br)cc2)COC1. The number of aryl methyl sites for hydroxylation is 1. The smallest absolute Gasteiger partial charge is 0.306 e. The Morgan fingerprint density at radius 3 is 2.40 bits per heavy atom. The summed E-state index contributed by atoms with van der Waals surface area (Å²) >= 11 is 3.38. The van der Waals surface area contributed by atoms with E-state index < -0.39 is 0 Å². The molecular formula is C16H23BrO3. The number of hydrogen-bond acceptors (Lipinski definition) is 3. The van der Waals surface area contributed by atoms with E-state index in [0.717, 1.165) is 16.5 Å². The van der Waals surface area contributed by atoms with Crippen molar-refractivity contribution < 1.29 is 14.3 Å². The highest BCUT2D eigenvalue weighted by Gasteiger charge is 2.34. The molecule has 4 heteroatoms. The lowest BCUT2D eigenvalue weighted by molar-refractivity contribution is -0.165. The normalized spacial score (nSPS) is 15.6. The molecule has 0 aliphatic carbocycles. The number of halogens is 1. The van der Waals surface area contributed by atoms with E-state index in [1.54, 1.807) is 0 Å². The lowest BCUT2D eigenvalue weighted by Crippen LogP contribution is -2.44. The van der Waals surface area contributed by atoms with Crippen LogP contribution in [0.4, 0.5) is 0 Å². The molecule has 1 aromatic carbocycles. The van der Waals surface area contributed by atoms with Crippen molar-refractivity contribution >= 4 is 21.9 Å². The maximum atomic E-state index is 11.6. The Labute approximate surface area is 129 Å². The molecular weight excluding hydrogens is 320 g/mol. The van der Waals surface area contributed by atoms with Crippen LogP contribution in [0.15, 0.2) is 28.7 Å². The van der Waals surface area contributed by atoms with Crippen LogP contribution in [-0.4, -0.2) is 25.8 Å². The number of hydrogen-bond donors (Lipinski definition) is 0. The van der Waals surface area contributed by atoms with Gasteiger partial charge in [0.25, 0.3) is 0 Å². The summed E-state index contributed by atoms with van der Waals surface area (Å²) in [6, 6.07) is 7.98. The van der Waals surface area contributed by atoms with Gasteiger partial charge in [0.15, 0.2) is 0 Å². The molecule has 112 valence electrons. The molecule has 2 rings (SSSR count). The molecule has 1 aliphatic rings. The lowest BCUT2D eigenvalue weighted by Gasteiger charge is -2.37. The van der Waals surface area contributed by atoms with Gasteiger partial charge in [-0.25, -0.2) is 0 Å². The highest BCUT2D eigenvalue weighted by molar-refractivity contribution is 9.10. The van der Waals surface area contributed by atoms with Crippen LogP contribution < -0.4 is 0 Å². The third-order valence-corrected chi connectivity index (χ3v) is 3.54. The van der Waals surface area contributed by atoms with Gasteiger partial charge in [0, 0.05) is 16.3 Å². The van der Waals surface area contributed by atoms with Crippen LogP contribution in [0.2, 0.25) is 0 Å². The molecule has 1 aliphatic heterocycles. The van der Waals surface area contributed by atoms with Crippen LogP contribution in [0.5, 0.6) is 0 Å². The molecule has 0 saturated carbocycles. The van der Waals surface area contributed by atoms with Gasteiger partial charge in [0.1, 0.15) is 6.61 Å². The monoisotopic (exact) mass is 342 g/mol. The van der Waals surface area contributed by atoms with E-state index in [0.29, 0.717) is 26.2 Å². The highest BCUT2D eigenvalue weighted by atomic mass is 79.9. The molecule has 3 nitrogen and oxygen atoms in total. The van der Waals surface area contributed by atoms with Gasteiger partial charge in [0.2, 0.25) is 0 Å². The summed E-state index contributed by atoms with van der Waals surface area (Å²) in [6.07, 6.45) is 1.15. The van der Waals surface area contributed by atoms with Crippen molar-refractivity contribution in [1.82, 2.24) is 0 Å². The Morgan fingerprint density at radius 1 is 1.30 bits per heavy atom. The third-order valence-electron chi connectivity index (χ3n) is 3.01. The summed E-state index contributed by atoms with van der Waals surface area (Å²) in [5.74, 6) is -0.133. The van der Waals surface area contributed by atoms with E-state index in [9.17, 15) is 4.79 Å². The van der Waals surface area contributed by atoms with Gasteiger partial charge in [-0.1, -0.05) is 48.8 Å². The van der Waals surface area contributed by atoms with Crippen LogP contribution in [0.25, 0.3) is 0 Å². The fraction of sp³-hybridized carbons (Fsp3) is 0.562. The summed E-state index contributed by atoms with van der Waals surface area (Å²) in [7, 11) is 0. The first-order valence-electron chi connectivity index (χ1n) is 7.05. The highest BCUT2D eigenvalue weighted by Crippen LogP contribution is 2.26. The molecule has 1 saturated heterocycles. The zero-order valence-electron chi connectivity index (χ0n) is 12.4. The number of esters is 1. The standard InChI is InChI=1S/C14H17BrO3.C2H6/c1-14(8-17-9-14)10-18-13(16)7-4-11-2-5-12(15)6-3-11;1-2/h2-3,5-6H,4,7-10H2,1H3;1-2H3. The molecule has 0 bridgehead atoms. The Bertz CT molecular complexity index is 410. The van der Waals surface area contributed by atoms with Gasteiger partial charge < -0.3 is 9.47 Å². The van der Waals surface area contributed by atoms with Crippen LogP contribution in [-0.2, 0) is 20.7 Å². The van der Waals surface area contributed by atoms with Crippen molar-refractivity contribution in [2.24, 2.45) is 5.41 Å². The third kappa shape index (κ3) is 5.63. The van der Waals surface area contributed by atoms with Crippen molar-refractivity contribution in [3.05, 3.63) is 34.3 Å². The van der Waals surface area contributed by atoms with Crippen LogP contribution in [0, 0.1) is 5.41 Å². The maximum absolute atomic E-state index is 11.6. The van der Waals surface area contributed by atoms with Crippen LogP contribution in [0.1, 0.15) is 32.8 Å². The van der Waals surface area contributed by atoms with E-state index >= 15 is 0 Å². The average Bonchev–Trinajstić information content (AvgIpc) is 2.44. The fourth-order valence-electron chi connectivity index (χ4n) is 1.76. The summed E-state index contributed by atoms with van der Waals surface area (Å²) in [5.41, 5.74) is 1.18. The summed E-state index contributed by atoms with van der Waals surface area (Å²) in [5, 5.41) is 0. The largest absolute Gasteiger partial charge is 0.465 e. The summed E-state index contributed by atoms with van der Waals surface area (Å²) < 4.78 is 11.4. The Hall–Kier alpha value is -0.870. The number of carbonyl (C=O) groups excluding carboxylic acids is 1. The number of ether oxygens (including phenoxy) is 2.